The first-order chi connectivity index (χ1) is 6.88. The Morgan fingerprint density at radius 3 is 3.00 bits per heavy atom. The molecule has 0 amide bonds. The van der Waals surface area contributed by atoms with E-state index in [1.165, 1.54) is 18.5 Å². The van der Waals surface area contributed by atoms with Crippen molar-refractivity contribution in [2.45, 2.75) is 18.8 Å². The van der Waals surface area contributed by atoms with E-state index in [0.717, 1.165) is 22.8 Å². The lowest BCUT2D eigenvalue weighted by molar-refractivity contribution is 0.112. The minimum atomic E-state index is 0.641. The van der Waals surface area contributed by atoms with Crippen LogP contribution >= 0.6 is 0 Å². The van der Waals surface area contributed by atoms with Gasteiger partial charge in [-0.15, -0.1) is 0 Å². The molecule has 0 unspecified atom stereocenters. The topological polar surface area (TPSA) is 45.8 Å². The molecule has 1 aliphatic carbocycles. The highest BCUT2D eigenvalue weighted by atomic mass is 16.1. The number of aldehydes is 1. The maximum Gasteiger partial charge on any atom is 0.150 e. The van der Waals surface area contributed by atoms with Gasteiger partial charge in [0.15, 0.2) is 0 Å². The number of nitrogens with one attached hydrogen (secondary N) is 1. The van der Waals surface area contributed by atoms with Gasteiger partial charge in [-0.2, -0.15) is 5.10 Å². The Morgan fingerprint density at radius 2 is 2.29 bits per heavy atom. The first-order valence-electron chi connectivity index (χ1n) is 4.81. The number of benzene rings is 1. The largest absolute Gasteiger partial charge is 0.298 e. The molecule has 70 valence electrons. The maximum atomic E-state index is 10.6. The van der Waals surface area contributed by atoms with Gasteiger partial charge in [-0.05, 0) is 31.0 Å². The number of aromatic nitrogens is 2. The van der Waals surface area contributed by atoms with E-state index < -0.39 is 0 Å². The molecule has 1 saturated carbocycles. The SMILES string of the molecule is O=Cc1ccc2n[nH]c(C3CC3)c2c1. The molecular formula is C11H10N2O. The molecule has 1 aliphatic rings. The number of carbonyl (C=O) groups excluding carboxylic acids is 1. The first-order valence-corrected chi connectivity index (χ1v) is 4.81. The molecule has 0 aliphatic heterocycles. The molecule has 1 heterocycles. The molecule has 2 aromatic rings. The lowest BCUT2D eigenvalue weighted by atomic mass is 10.1. The predicted octanol–water partition coefficient (Wildman–Crippen LogP) is 2.25. The summed E-state index contributed by atoms with van der Waals surface area (Å²) >= 11 is 0. The summed E-state index contributed by atoms with van der Waals surface area (Å²) in [6, 6.07) is 5.60. The molecule has 0 bridgehead atoms. The van der Waals surface area contributed by atoms with Gasteiger partial charge in [-0.25, -0.2) is 0 Å². The molecule has 3 nitrogen and oxygen atoms in total. The quantitative estimate of drug-likeness (QED) is 0.731. The van der Waals surface area contributed by atoms with E-state index in [1.807, 2.05) is 12.1 Å². The van der Waals surface area contributed by atoms with Crippen molar-refractivity contribution in [3.63, 3.8) is 0 Å². The number of fused-ring (bicyclic) bond motifs is 1. The zero-order valence-electron chi connectivity index (χ0n) is 7.66. The third-order valence-electron chi connectivity index (χ3n) is 2.73. The minimum absolute atomic E-state index is 0.641. The predicted molar refractivity (Wildman–Crippen MR) is 53.5 cm³/mol. The Morgan fingerprint density at radius 1 is 1.43 bits per heavy atom. The average Bonchev–Trinajstić information content (AvgIpc) is 2.98. The van der Waals surface area contributed by atoms with E-state index in [2.05, 4.69) is 10.2 Å². The number of hydrogen-bond acceptors (Lipinski definition) is 2. The number of hydrogen-bond donors (Lipinski definition) is 1. The normalized spacial score (nSPS) is 16.0. The smallest absolute Gasteiger partial charge is 0.150 e. The number of carbonyl (C=O) groups is 1. The van der Waals surface area contributed by atoms with Gasteiger partial charge in [0, 0.05) is 22.6 Å². The van der Waals surface area contributed by atoms with E-state index in [-0.39, 0.29) is 0 Å². The van der Waals surface area contributed by atoms with E-state index in [1.54, 1.807) is 6.07 Å². The van der Waals surface area contributed by atoms with E-state index in [9.17, 15) is 4.79 Å². The van der Waals surface area contributed by atoms with Crippen LogP contribution in [0.4, 0.5) is 0 Å². The van der Waals surface area contributed by atoms with Crippen LogP contribution in [-0.4, -0.2) is 16.5 Å². The van der Waals surface area contributed by atoms with Gasteiger partial charge in [0.2, 0.25) is 0 Å². The van der Waals surface area contributed by atoms with Gasteiger partial charge in [0.25, 0.3) is 0 Å². The van der Waals surface area contributed by atoms with Gasteiger partial charge in [-0.1, -0.05) is 0 Å². The Hall–Kier alpha value is -1.64. The summed E-state index contributed by atoms with van der Waals surface area (Å²) in [6.07, 6.45) is 3.36. The number of H-pyrrole nitrogens is 1. The lowest BCUT2D eigenvalue weighted by Gasteiger charge is -1.94. The fraction of sp³-hybridized carbons (Fsp3) is 0.273. The Balaban J connectivity index is 2.25. The van der Waals surface area contributed by atoms with Crippen LogP contribution in [0.15, 0.2) is 18.2 Å². The molecule has 1 N–H and O–H groups in total. The zero-order valence-corrected chi connectivity index (χ0v) is 7.66. The van der Waals surface area contributed by atoms with Gasteiger partial charge >= 0.3 is 0 Å². The summed E-state index contributed by atoms with van der Waals surface area (Å²) in [5.74, 6) is 0.641. The van der Waals surface area contributed by atoms with Crippen molar-refractivity contribution in [3.05, 3.63) is 29.5 Å². The molecule has 3 heteroatoms. The third kappa shape index (κ3) is 1.05. The second-order valence-corrected chi connectivity index (χ2v) is 3.81. The van der Waals surface area contributed by atoms with Crippen LogP contribution in [0.2, 0.25) is 0 Å². The highest BCUT2D eigenvalue weighted by Gasteiger charge is 2.27. The molecule has 0 atom stereocenters. The third-order valence-corrected chi connectivity index (χ3v) is 2.73. The zero-order chi connectivity index (χ0) is 9.54. The summed E-state index contributed by atoms with van der Waals surface area (Å²) in [7, 11) is 0. The van der Waals surface area contributed by atoms with Crippen molar-refractivity contribution >= 4 is 17.2 Å². The molecule has 14 heavy (non-hydrogen) atoms. The lowest BCUT2D eigenvalue weighted by Crippen LogP contribution is -1.81. The molecule has 0 radical (unpaired) electrons. The monoisotopic (exact) mass is 186 g/mol. The van der Waals surface area contributed by atoms with Crippen molar-refractivity contribution < 1.29 is 4.79 Å². The fourth-order valence-corrected chi connectivity index (χ4v) is 1.80. The van der Waals surface area contributed by atoms with E-state index >= 15 is 0 Å². The van der Waals surface area contributed by atoms with Crippen molar-refractivity contribution in [1.29, 1.82) is 0 Å². The van der Waals surface area contributed by atoms with Crippen molar-refractivity contribution in [3.8, 4) is 0 Å². The Bertz CT molecular complexity index is 497. The summed E-state index contributed by atoms with van der Waals surface area (Å²) < 4.78 is 0. The minimum Gasteiger partial charge on any atom is -0.298 e. The van der Waals surface area contributed by atoms with E-state index in [4.69, 9.17) is 0 Å². The van der Waals surface area contributed by atoms with Crippen LogP contribution in [0, 0.1) is 0 Å². The standard InChI is InChI=1S/C11H10N2O/c14-6-7-1-4-10-9(5-7)11(13-12-10)8-2-3-8/h1,4-6,8H,2-3H2,(H,12,13). The number of rotatable bonds is 2. The Labute approximate surface area is 81.1 Å². The van der Waals surface area contributed by atoms with Gasteiger partial charge < -0.3 is 0 Å². The molecule has 1 fully saturated rings. The summed E-state index contributed by atoms with van der Waals surface area (Å²) in [6.45, 7) is 0. The second kappa shape index (κ2) is 2.67. The summed E-state index contributed by atoms with van der Waals surface area (Å²) in [4.78, 5) is 10.6. The molecule has 1 aromatic heterocycles. The van der Waals surface area contributed by atoms with Crippen molar-refractivity contribution in [2.75, 3.05) is 0 Å². The van der Waals surface area contributed by atoms with Crippen LogP contribution in [0.1, 0.15) is 34.8 Å². The molecule has 0 saturated heterocycles. The maximum absolute atomic E-state index is 10.6. The van der Waals surface area contributed by atoms with Crippen LogP contribution < -0.4 is 0 Å². The van der Waals surface area contributed by atoms with Crippen LogP contribution in [0.25, 0.3) is 10.9 Å². The van der Waals surface area contributed by atoms with Crippen LogP contribution in [0.5, 0.6) is 0 Å². The Kier molecular flexibility index (Phi) is 1.48. The van der Waals surface area contributed by atoms with Crippen LogP contribution in [0.3, 0.4) is 0 Å². The molecule has 1 aromatic carbocycles. The highest BCUT2D eigenvalue weighted by molar-refractivity contribution is 5.88. The molecular weight excluding hydrogens is 176 g/mol. The molecule has 0 spiro atoms. The highest BCUT2D eigenvalue weighted by Crippen LogP contribution is 2.41. The van der Waals surface area contributed by atoms with Crippen molar-refractivity contribution in [1.82, 2.24) is 10.2 Å². The fourth-order valence-electron chi connectivity index (χ4n) is 1.80. The second-order valence-electron chi connectivity index (χ2n) is 3.81. The van der Waals surface area contributed by atoms with Gasteiger partial charge in [0.1, 0.15) is 6.29 Å². The average molecular weight is 186 g/mol. The van der Waals surface area contributed by atoms with E-state index in [0.29, 0.717) is 5.92 Å². The number of nitrogens with zero attached hydrogens (tertiary/aromatic N) is 1. The molecule has 3 rings (SSSR count). The summed E-state index contributed by atoms with van der Waals surface area (Å²) in [5.41, 5.74) is 2.88. The van der Waals surface area contributed by atoms with Crippen LogP contribution in [-0.2, 0) is 0 Å². The summed E-state index contributed by atoms with van der Waals surface area (Å²) in [5, 5.41) is 8.38. The van der Waals surface area contributed by atoms with Gasteiger partial charge in [-0.3, -0.25) is 9.89 Å². The van der Waals surface area contributed by atoms with Crippen molar-refractivity contribution in [2.24, 2.45) is 0 Å². The number of aromatic amines is 1. The first kappa shape index (κ1) is 7.74. The van der Waals surface area contributed by atoms with Gasteiger partial charge in [0.05, 0.1) is 5.52 Å².